The summed E-state index contributed by atoms with van der Waals surface area (Å²) in [5.41, 5.74) is 6.66. The number of para-hydroxylation sites is 1. The summed E-state index contributed by atoms with van der Waals surface area (Å²) in [6.45, 7) is 6.80. The van der Waals surface area contributed by atoms with E-state index >= 15 is 0 Å². The second-order valence-electron chi connectivity index (χ2n) is 12.5. The van der Waals surface area contributed by atoms with Gasteiger partial charge >= 0.3 is 13.1 Å². The van der Waals surface area contributed by atoms with Crippen LogP contribution in [0.25, 0.3) is 0 Å². The minimum Gasteiger partial charge on any atom is -0.496 e. The summed E-state index contributed by atoms with van der Waals surface area (Å²) in [6, 6.07) is 5.32. The molecule has 5 atom stereocenters. The van der Waals surface area contributed by atoms with Crippen LogP contribution in [0.3, 0.4) is 0 Å². The van der Waals surface area contributed by atoms with Crippen LogP contribution in [0.2, 0.25) is 0 Å². The van der Waals surface area contributed by atoms with Gasteiger partial charge in [-0.05, 0) is 86.7 Å². The molecule has 0 radical (unpaired) electrons. The van der Waals surface area contributed by atoms with E-state index in [0.29, 0.717) is 41.9 Å². The summed E-state index contributed by atoms with van der Waals surface area (Å²) >= 11 is 0. The molecular weight excluding hydrogens is 471 g/mol. The van der Waals surface area contributed by atoms with Gasteiger partial charge in [0.25, 0.3) is 0 Å². The molecule has 1 aliphatic heterocycles. The molecule has 8 nitrogen and oxygen atoms in total. The average Bonchev–Trinajstić information content (AvgIpc) is 3.22. The average molecular weight is 512 g/mol. The van der Waals surface area contributed by atoms with Gasteiger partial charge < -0.3 is 30.2 Å². The Hall–Kier alpha value is -2.10. The summed E-state index contributed by atoms with van der Waals surface area (Å²) in [6.07, 6.45) is 6.70. The number of ether oxygens (including phenoxy) is 1. The topological polar surface area (TPSA) is 120 Å². The number of nitrogens with two attached hydrogens (primary N) is 1. The van der Waals surface area contributed by atoms with Gasteiger partial charge in [0.1, 0.15) is 11.3 Å². The third kappa shape index (κ3) is 4.79. The highest BCUT2D eigenvalue weighted by molar-refractivity contribution is 6.48. The number of amides is 1. The van der Waals surface area contributed by atoms with Crippen molar-refractivity contribution in [3.8, 4) is 5.75 Å². The molecule has 37 heavy (non-hydrogen) atoms. The maximum atomic E-state index is 13.3. The van der Waals surface area contributed by atoms with Crippen LogP contribution in [0.5, 0.6) is 5.75 Å². The molecule has 4 unspecified atom stereocenters. The van der Waals surface area contributed by atoms with Gasteiger partial charge in [0, 0.05) is 12.5 Å². The van der Waals surface area contributed by atoms with Crippen LogP contribution in [0.15, 0.2) is 18.2 Å². The van der Waals surface area contributed by atoms with Crippen molar-refractivity contribution in [1.29, 1.82) is 0 Å². The Balaban J connectivity index is 1.37. The number of hydrogen-bond acceptors (Lipinski definition) is 6. The van der Waals surface area contributed by atoms with Gasteiger partial charge in [-0.3, -0.25) is 4.79 Å². The molecule has 0 aromatic heterocycles. The van der Waals surface area contributed by atoms with Crippen LogP contribution < -0.4 is 15.8 Å². The molecule has 1 aromatic rings. The summed E-state index contributed by atoms with van der Waals surface area (Å²) in [5.74, 6) is 0.0974. The Morgan fingerprint density at radius 3 is 2.59 bits per heavy atom. The molecule has 0 spiro atoms. The predicted octanol–water partition coefficient (Wildman–Crippen LogP) is 3.60. The van der Waals surface area contributed by atoms with Crippen molar-refractivity contribution in [1.82, 2.24) is 5.32 Å². The number of carboxylic acids is 1. The Kier molecular flexibility index (Phi) is 7.09. The van der Waals surface area contributed by atoms with Crippen LogP contribution in [0.1, 0.15) is 81.6 Å². The zero-order valence-corrected chi connectivity index (χ0v) is 22.5. The maximum absolute atomic E-state index is 13.3. The molecule has 1 saturated heterocycles. The number of benzene rings is 1. The Bertz CT molecular complexity index is 1040. The molecule has 5 aliphatic rings. The van der Waals surface area contributed by atoms with E-state index in [4.69, 9.17) is 19.8 Å². The van der Waals surface area contributed by atoms with Crippen LogP contribution in [-0.2, 0) is 20.5 Å². The molecule has 5 fully saturated rings. The van der Waals surface area contributed by atoms with Gasteiger partial charge in [-0.2, -0.15) is 0 Å². The first-order chi connectivity index (χ1) is 17.5. The van der Waals surface area contributed by atoms with Gasteiger partial charge in [-0.25, -0.2) is 4.79 Å². The number of carbonyl (C=O) groups is 2. The fourth-order valence-corrected chi connectivity index (χ4v) is 7.60. The van der Waals surface area contributed by atoms with E-state index in [0.717, 1.165) is 38.5 Å². The Labute approximate surface area is 220 Å². The van der Waals surface area contributed by atoms with Gasteiger partial charge in [-0.15, -0.1) is 0 Å². The second-order valence-corrected chi connectivity index (χ2v) is 12.5. The fraction of sp³-hybridized carbons (Fsp3) is 0.714. The van der Waals surface area contributed by atoms with Crippen LogP contribution >= 0.6 is 0 Å². The Morgan fingerprint density at radius 2 is 1.95 bits per heavy atom. The molecule has 4 saturated carbocycles. The van der Waals surface area contributed by atoms with Crippen molar-refractivity contribution < 1.29 is 28.7 Å². The first kappa shape index (κ1) is 26.5. The molecule has 1 amide bonds. The number of aromatic carboxylic acids is 1. The molecule has 1 heterocycles. The van der Waals surface area contributed by atoms with Crippen LogP contribution in [-0.4, -0.2) is 54.9 Å². The van der Waals surface area contributed by atoms with Crippen molar-refractivity contribution in [2.24, 2.45) is 28.9 Å². The minimum atomic E-state index is -1.05. The van der Waals surface area contributed by atoms with Crippen molar-refractivity contribution in [2.75, 3.05) is 7.11 Å². The first-order valence-electron chi connectivity index (χ1n) is 13.8. The van der Waals surface area contributed by atoms with Crippen molar-refractivity contribution >= 4 is 19.0 Å². The number of carbonyl (C=O) groups excluding carboxylic acids is 1. The van der Waals surface area contributed by atoms with Gasteiger partial charge in [0.05, 0.1) is 24.8 Å². The van der Waals surface area contributed by atoms with Crippen LogP contribution in [0.4, 0.5) is 0 Å². The number of rotatable bonds is 8. The lowest BCUT2D eigenvalue weighted by molar-refractivity contribution is -0.199. The number of nitrogens with one attached hydrogen (secondary N) is 1. The largest absolute Gasteiger partial charge is 0.496 e. The van der Waals surface area contributed by atoms with E-state index in [9.17, 15) is 14.7 Å². The van der Waals surface area contributed by atoms with E-state index < -0.39 is 24.6 Å². The number of hydrogen-bond donors (Lipinski definition) is 3. The quantitative estimate of drug-likeness (QED) is 0.456. The van der Waals surface area contributed by atoms with Crippen LogP contribution in [0, 0.1) is 23.2 Å². The molecule has 4 N–H and O–H groups in total. The third-order valence-corrected chi connectivity index (χ3v) is 9.98. The molecule has 4 aliphatic carbocycles. The SMILES string of the molecule is COc1c(C[C@H](NC(=O)CC2CCC(N)CC2)B2OC3CC4CC(C4(C)C)C3(C)O2)cccc1C(=O)O. The predicted molar refractivity (Wildman–Crippen MR) is 140 cm³/mol. The van der Waals surface area contributed by atoms with E-state index in [-0.39, 0.29) is 29.0 Å². The Morgan fingerprint density at radius 1 is 1.22 bits per heavy atom. The minimum absolute atomic E-state index is 0.0132. The van der Waals surface area contributed by atoms with Gasteiger partial charge in [0.15, 0.2) is 0 Å². The maximum Gasteiger partial charge on any atom is 0.482 e. The van der Waals surface area contributed by atoms with E-state index in [1.807, 2.05) is 6.07 Å². The zero-order valence-electron chi connectivity index (χ0n) is 22.5. The highest BCUT2D eigenvalue weighted by atomic mass is 16.7. The van der Waals surface area contributed by atoms with E-state index in [2.05, 4.69) is 26.1 Å². The lowest BCUT2D eigenvalue weighted by Crippen LogP contribution is -2.65. The smallest absolute Gasteiger partial charge is 0.482 e. The van der Waals surface area contributed by atoms with Crippen molar-refractivity contribution in [3.63, 3.8) is 0 Å². The third-order valence-electron chi connectivity index (χ3n) is 9.98. The molecule has 202 valence electrons. The number of carboxylic acid groups (broad SMARTS) is 1. The monoisotopic (exact) mass is 512 g/mol. The highest BCUT2D eigenvalue weighted by Gasteiger charge is 2.68. The normalized spacial score (nSPS) is 34.7. The number of methoxy groups -OCH3 is 1. The summed E-state index contributed by atoms with van der Waals surface area (Å²) in [5, 5.41) is 12.9. The summed E-state index contributed by atoms with van der Waals surface area (Å²) < 4.78 is 18.8. The molecule has 1 aromatic carbocycles. The van der Waals surface area contributed by atoms with E-state index in [1.54, 1.807) is 6.07 Å². The van der Waals surface area contributed by atoms with E-state index in [1.165, 1.54) is 13.2 Å². The molecule has 6 rings (SSSR count). The van der Waals surface area contributed by atoms with Gasteiger partial charge in [-0.1, -0.05) is 26.0 Å². The fourth-order valence-electron chi connectivity index (χ4n) is 7.60. The molecule has 9 heteroatoms. The standard InChI is InChI=1S/C28H41BN2O6/c1-27(2)18-14-21(27)28(3)22(15-18)36-29(37-28)23(31-24(32)12-16-8-10-19(30)11-9-16)13-17-6-5-7-20(26(33)34)25(17)35-4/h5-7,16,18-19,21-23H,8-15,30H2,1-4H3,(H,31,32)(H,33,34)/t16?,18?,19?,21?,22?,23-,28?/m0/s1. The summed E-state index contributed by atoms with van der Waals surface area (Å²) in [4.78, 5) is 25.1. The molecule has 2 bridgehead atoms. The highest BCUT2D eigenvalue weighted by Crippen LogP contribution is 2.65. The second kappa shape index (κ2) is 9.90. The first-order valence-corrected chi connectivity index (χ1v) is 13.8. The lowest BCUT2D eigenvalue weighted by Gasteiger charge is -2.64. The van der Waals surface area contributed by atoms with Crippen molar-refractivity contribution in [3.05, 3.63) is 29.3 Å². The van der Waals surface area contributed by atoms with Crippen molar-refractivity contribution in [2.45, 2.75) is 95.8 Å². The molecular formula is C28H41BN2O6. The van der Waals surface area contributed by atoms with Gasteiger partial charge in [0.2, 0.25) is 5.91 Å². The summed E-state index contributed by atoms with van der Waals surface area (Å²) in [7, 11) is 0.854. The lowest BCUT2D eigenvalue weighted by atomic mass is 9.43. The zero-order chi connectivity index (χ0) is 26.5.